The molecule has 1 aliphatic heterocycles. The van der Waals surface area contributed by atoms with Gasteiger partial charge < -0.3 is 10.5 Å². The van der Waals surface area contributed by atoms with Crippen molar-refractivity contribution in [2.75, 3.05) is 0 Å². The summed E-state index contributed by atoms with van der Waals surface area (Å²) in [5.74, 6) is 0.130. The topological polar surface area (TPSA) is 101 Å². The van der Waals surface area contributed by atoms with Crippen LogP contribution in [-0.4, -0.2) is 15.2 Å². The number of hydrogen-bond donors (Lipinski definition) is 2. The maximum Gasteiger partial charge on any atom is 0.244 e. The molecule has 1 aliphatic rings. The minimum Gasteiger partial charge on any atom is -0.420 e. The molecule has 0 saturated heterocycles. The predicted molar refractivity (Wildman–Crippen MR) is 85.4 cm³/mol. The Morgan fingerprint density at radius 2 is 2.26 bits per heavy atom. The van der Waals surface area contributed by atoms with E-state index in [-0.39, 0.29) is 11.8 Å². The van der Waals surface area contributed by atoms with Crippen LogP contribution < -0.4 is 10.5 Å². The molecule has 23 heavy (non-hydrogen) atoms. The SMILES string of the molecule is N#CC1=C(N)Oc2n[nH]c(-c3cccs3)c2[C@H]1c1cccnc1. The highest BCUT2D eigenvalue weighted by atomic mass is 32.1. The van der Waals surface area contributed by atoms with Crippen molar-refractivity contribution >= 4 is 11.3 Å². The van der Waals surface area contributed by atoms with E-state index in [1.54, 1.807) is 23.7 Å². The Kier molecular flexibility index (Phi) is 3.10. The van der Waals surface area contributed by atoms with Crippen LogP contribution in [0.4, 0.5) is 0 Å². The number of aromatic amines is 1. The van der Waals surface area contributed by atoms with Gasteiger partial charge in [-0.3, -0.25) is 10.1 Å². The van der Waals surface area contributed by atoms with Gasteiger partial charge in [-0.1, -0.05) is 12.1 Å². The van der Waals surface area contributed by atoms with E-state index in [1.165, 1.54) is 0 Å². The van der Waals surface area contributed by atoms with Gasteiger partial charge in [0.1, 0.15) is 11.6 Å². The number of nitrogens with one attached hydrogen (secondary N) is 1. The quantitative estimate of drug-likeness (QED) is 0.756. The molecule has 4 heterocycles. The minimum absolute atomic E-state index is 0.0816. The average Bonchev–Trinajstić information content (AvgIpc) is 3.23. The number of ether oxygens (including phenoxy) is 1. The Bertz CT molecular complexity index is 921. The summed E-state index contributed by atoms with van der Waals surface area (Å²) in [5, 5.41) is 18.8. The smallest absolute Gasteiger partial charge is 0.244 e. The zero-order chi connectivity index (χ0) is 15.8. The summed E-state index contributed by atoms with van der Waals surface area (Å²) >= 11 is 1.59. The average molecular weight is 321 g/mol. The second-order valence-corrected chi connectivity index (χ2v) is 5.95. The Labute approximate surface area is 135 Å². The lowest BCUT2D eigenvalue weighted by atomic mass is 9.84. The van der Waals surface area contributed by atoms with Crippen LogP contribution in [0.5, 0.6) is 5.88 Å². The van der Waals surface area contributed by atoms with Crippen molar-refractivity contribution in [3.63, 3.8) is 0 Å². The molecule has 0 aromatic carbocycles. The van der Waals surface area contributed by atoms with Gasteiger partial charge in [0.05, 0.1) is 22.1 Å². The van der Waals surface area contributed by atoms with Gasteiger partial charge in [-0.05, 0) is 23.1 Å². The lowest BCUT2D eigenvalue weighted by Gasteiger charge is -2.23. The van der Waals surface area contributed by atoms with Gasteiger partial charge >= 0.3 is 0 Å². The molecule has 0 amide bonds. The third-order valence-electron chi connectivity index (χ3n) is 3.72. The number of hydrogen-bond acceptors (Lipinski definition) is 6. The highest BCUT2D eigenvalue weighted by Crippen LogP contribution is 2.45. The van der Waals surface area contributed by atoms with Crippen LogP contribution in [0.15, 0.2) is 53.5 Å². The Morgan fingerprint density at radius 1 is 1.35 bits per heavy atom. The van der Waals surface area contributed by atoms with Crippen molar-refractivity contribution in [1.82, 2.24) is 15.2 Å². The molecule has 6 nitrogen and oxygen atoms in total. The van der Waals surface area contributed by atoms with Gasteiger partial charge in [0.15, 0.2) is 0 Å². The van der Waals surface area contributed by atoms with Crippen LogP contribution in [-0.2, 0) is 0 Å². The molecule has 3 aromatic rings. The number of nitrogens with two attached hydrogens (primary N) is 1. The Balaban J connectivity index is 1.97. The van der Waals surface area contributed by atoms with Crippen molar-refractivity contribution in [1.29, 1.82) is 5.26 Å². The fraction of sp³-hybridized carbons (Fsp3) is 0.0625. The van der Waals surface area contributed by atoms with Gasteiger partial charge in [-0.15, -0.1) is 16.4 Å². The summed E-state index contributed by atoms with van der Waals surface area (Å²) in [6.45, 7) is 0. The first-order valence-corrected chi connectivity index (χ1v) is 7.77. The van der Waals surface area contributed by atoms with Crippen LogP contribution in [0.2, 0.25) is 0 Å². The van der Waals surface area contributed by atoms with Gasteiger partial charge in [0.2, 0.25) is 11.8 Å². The van der Waals surface area contributed by atoms with Gasteiger partial charge in [-0.2, -0.15) is 5.26 Å². The summed E-state index contributed by atoms with van der Waals surface area (Å²) in [7, 11) is 0. The summed E-state index contributed by atoms with van der Waals surface area (Å²) in [6.07, 6.45) is 3.42. The molecule has 0 bridgehead atoms. The van der Waals surface area contributed by atoms with E-state index >= 15 is 0 Å². The second-order valence-electron chi connectivity index (χ2n) is 5.01. The number of nitrogens with zero attached hydrogens (tertiary/aromatic N) is 3. The van der Waals surface area contributed by atoms with E-state index in [2.05, 4.69) is 21.3 Å². The predicted octanol–water partition coefficient (Wildman–Crippen LogP) is 2.75. The molecule has 1 atom stereocenters. The molecule has 4 rings (SSSR count). The highest BCUT2D eigenvalue weighted by Gasteiger charge is 2.35. The molecule has 0 radical (unpaired) electrons. The molecule has 7 heteroatoms. The zero-order valence-corrected chi connectivity index (χ0v) is 12.7. The fourth-order valence-corrected chi connectivity index (χ4v) is 3.47. The maximum atomic E-state index is 9.56. The number of thiophene rings is 1. The monoisotopic (exact) mass is 321 g/mol. The standard InChI is InChI=1S/C16H11N5OS/c17-7-10-12(9-3-1-5-19-8-9)13-14(11-4-2-6-23-11)20-21-16(13)22-15(10)18/h1-6,8,12H,18H2,(H,20,21)/t12-/m0/s1. The number of nitriles is 1. The number of aromatic nitrogens is 3. The first-order chi connectivity index (χ1) is 11.3. The molecule has 0 saturated carbocycles. The number of H-pyrrole nitrogens is 1. The molecule has 0 fully saturated rings. The molecule has 0 aliphatic carbocycles. The summed E-state index contributed by atoms with van der Waals surface area (Å²) < 4.78 is 5.54. The summed E-state index contributed by atoms with van der Waals surface area (Å²) in [4.78, 5) is 5.18. The Hall–Kier alpha value is -3.11. The molecule has 112 valence electrons. The minimum atomic E-state index is -0.353. The Morgan fingerprint density at radius 3 is 2.96 bits per heavy atom. The number of allylic oxidation sites excluding steroid dienone is 1. The van der Waals surface area contributed by atoms with Gasteiger partial charge in [0, 0.05) is 12.4 Å². The molecular weight excluding hydrogens is 310 g/mol. The number of fused-ring (bicyclic) bond motifs is 1. The van der Waals surface area contributed by atoms with Crippen molar-refractivity contribution in [2.45, 2.75) is 5.92 Å². The summed E-state index contributed by atoms with van der Waals surface area (Å²) in [5.41, 5.74) is 8.81. The van der Waals surface area contributed by atoms with Crippen molar-refractivity contribution in [3.05, 3.63) is 64.6 Å². The van der Waals surface area contributed by atoms with Crippen LogP contribution in [0.3, 0.4) is 0 Å². The first kappa shape index (κ1) is 13.5. The molecule has 3 N–H and O–H groups in total. The van der Waals surface area contributed by atoms with E-state index in [0.717, 1.165) is 21.7 Å². The lowest BCUT2D eigenvalue weighted by molar-refractivity contribution is 0.379. The van der Waals surface area contributed by atoms with E-state index in [1.807, 2.05) is 29.6 Å². The van der Waals surface area contributed by atoms with Crippen LogP contribution in [0.25, 0.3) is 10.6 Å². The van der Waals surface area contributed by atoms with Crippen LogP contribution >= 0.6 is 11.3 Å². The molecule has 3 aromatic heterocycles. The largest absolute Gasteiger partial charge is 0.420 e. The van der Waals surface area contributed by atoms with E-state index in [9.17, 15) is 5.26 Å². The van der Waals surface area contributed by atoms with Crippen LogP contribution in [0, 0.1) is 11.3 Å². The first-order valence-electron chi connectivity index (χ1n) is 6.89. The van der Waals surface area contributed by atoms with Gasteiger partial charge in [0.25, 0.3) is 0 Å². The number of pyridine rings is 1. The fourth-order valence-electron chi connectivity index (χ4n) is 2.73. The van der Waals surface area contributed by atoms with E-state index < -0.39 is 0 Å². The molecular formula is C16H11N5OS. The van der Waals surface area contributed by atoms with E-state index in [4.69, 9.17) is 10.5 Å². The lowest BCUT2D eigenvalue weighted by Crippen LogP contribution is -2.21. The van der Waals surface area contributed by atoms with Crippen molar-refractivity contribution in [3.8, 4) is 22.5 Å². The van der Waals surface area contributed by atoms with Crippen LogP contribution in [0.1, 0.15) is 17.0 Å². The third kappa shape index (κ3) is 2.08. The van der Waals surface area contributed by atoms with Gasteiger partial charge in [-0.25, -0.2) is 0 Å². The third-order valence-corrected chi connectivity index (χ3v) is 4.61. The van der Waals surface area contributed by atoms with Crippen molar-refractivity contribution < 1.29 is 4.74 Å². The molecule has 0 spiro atoms. The molecule has 0 unspecified atom stereocenters. The maximum absolute atomic E-state index is 9.56. The summed E-state index contributed by atoms with van der Waals surface area (Å²) in [6, 6.07) is 9.88. The zero-order valence-electron chi connectivity index (χ0n) is 11.9. The van der Waals surface area contributed by atoms with E-state index in [0.29, 0.717) is 11.5 Å². The highest BCUT2D eigenvalue weighted by molar-refractivity contribution is 7.13. The normalized spacial score (nSPS) is 16.6. The second kappa shape index (κ2) is 5.26. The van der Waals surface area contributed by atoms with Crippen molar-refractivity contribution in [2.24, 2.45) is 5.73 Å². The number of rotatable bonds is 2.